The van der Waals surface area contributed by atoms with E-state index in [2.05, 4.69) is 0 Å². The van der Waals surface area contributed by atoms with Gasteiger partial charge in [0.05, 0.1) is 6.10 Å². The second kappa shape index (κ2) is 3.91. The van der Waals surface area contributed by atoms with Gasteiger partial charge in [-0.15, -0.1) is 0 Å². The number of hydrogen-bond acceptors (Lipinski definition) is 2. The Labute approximate surface area is 89.1 Å². The molecule has 0 aliphatic rings. The molecule has 2 aromatic rings. The minimum atomic E-state index is 0.0375. The molecule has 2 heteroatoms. The Bertz CT molecular complexity index is 477. The Morgan fingerprint density at radius 3 is 2.40 bits per heavy atom. The first-order valence-electron chi connectivity index (χ1n) is 4.97. The van der Waals surface area contributed by atoms with E-state index in [1.807, 2.05) is 37.3 Å². The zero-order chi connectivity index (χ0) is 10.8. The summed E-state index contributed by atoms with van der Waals surface area (Å²) < 4.78 is 5.30. The maximum Gasteiger partial charge on any atom is 0.123 e. The molecule has 0 radical (unpaired) electrons. The van der Waals surface area contributed by atoms with Crippen LogP contribution in [-0.2, 0) is 4.74 Å². The fourth-order valence-corrected chi connectivity index (χ4v) is 1.79. The summed E-state index contributed by atoms with van der Waals surface area (Å²) in [5, 5.41) is 11.6. The summed E-state index contributed by atoms with van der Waals surface area (Å²) in [6, 6.07) is 11.4. The molecule has 2 rings (SSSR count). The van der Waals surface area contributed by atoms with Crippen LogP contribution in [0.1, 0.15) is 18.6 Å². The maximum absolute atomic E-state index is 9.71. The second-order valence-corrected chi connectivity index (χ2v) is 3.60. The number of benzene rings is 2. The number of rotatable bonds is 2. The van der Waals surface area contributed by atoms with Crippen molar-refractivity contribution in [2.45, 2.75) is 13.0 Å². The van der Waals surface area contributed by atoms with Crippen molar-refractivity contribution in [3.8, 4) is 5.75 Å². The van der Waals surface area contributed by atoms with E-state index >= 15 is 0 Å². The predicted molar refractivity (Wildman–Crippen MR) is 61.0 cm³/mol. The van der Waals surface area contributed by atoms with Crippen LogP contribution in [0.5, 0.6) is 5.75 Å². The van der Waals surface area contributed by atoms with E-state index in [4.69, 9.17) is 4.74 Å². The molecule has 0 fully saturated rings. The van der Waals surface area contributed by atoms with Gasteiger partial charge in [-0.1, -0.05) is 30.3 Å². The number of phenolic OH excluding ortho intramolecular Hbond substituents is 1. The third-order valence-corrected chi connectivity index (χ3v) is 2.73. The highest BCUT2D eigenvalue weighted by Gasteiger charge is 2.09. The second-order valence-electron chi connectivity index (χ2n) is 3.60. The van der Waals surface area contributed by atoms with Crippen LogP contribution in [0.2, 0.25) is 0 Å². The first kappa shape index (κ1) is 9.99. The van der Waals surface area contributed by atoms with E-state index in [1.54, 1.807) is 13.2 Å². The van der Waals surface area contributed by atoms with E-state index in [0.717, 1.165) is 16.3 Å². The molecule has 0 aliphatic heterocycles. The summed E-state index contributed by atoms with van der Waals surface area (Å²) in [4.78, 5) is 0. The van der Waals surface area contributed by atoms with Gasteiger partial charge in [0.1, 0.15) is 5.75 Å². The third-order valence-electron chi connectivity index (χ3n) is 2.73. The van der Waals surface area contributed by atoms with E-state index < -0.39 is 0 Å². The summed E-state index contributed by atoms with van der Waals surface area (Å²) in [6.07, 6.45) is 0.0375. The van der Waals surface area contributed by atoms with Crippen LogP contribution in [0.4, 0.5) is 0 Å². The van der Waals surface area contributed by atoms with Crippen LogP contribution in [0.25, 0.3) is 10.8 Å². The van der Waals surface area contributed by atoms with Crippen molar-refractivity contribution < 1.29 is 9.84 Å². The minimum absolute atomic E-state index is 0.0375. The molecule has 0 amide bonds. The average Bonchev–Trinajstić information content (AvgIpc) is 2.29. The van der Waals surface area contributed by atoms with Crippen molar-refractivity contribution in [1.82, 2.24) is 0 Å². The third kappa shape index (κ3) is 1.68. The molecule has 0 saturated heterocycles. The van der Waals surface area contributed by atoms with Gasteiger partial charge in [-0.3, -0.25) is 0 Å². The quantitative estimate of drug-likeness (QED) is 0.810. The molecule has 2 aromatic carbocycles. The summed E-state index contributed by atoms with van der Waals surface area (Å²) in [6.45, 7) is 2.00. The molecule has 78 valence electrons. The zero-order valence-corrected chi connectivity index (χ0v) is 8.90. The number of ether oxygens (including phenoxy) is 1. The molecule has 0 heterocycles. The van der Waals surface area contributed by atoms with Gasteiger partial charge in [-0.25, -0.2) is 0 Å². The molecule has 15 heavy (non-hydrogen) atoms. The van der Waals surface area contributed by atoms with Gasteiger partial charge in [-0.05, 0) is 23.9 Å². The number of hydrogen-bond donors (Lipinski definition) is 1. The van der Waals surface area contributed by atoms with Crippen LogP contribution >= 0.6 is 0 Å². The standard InChI is InChI=1S/C13H14O2/c1-9(15-2)10-7-8-13(14)12-6-4-3-5-11(10)12/h3-9,14H,1-2H3/t9-/m1/s1. The summed E-state index contributed by atoms with van der Waals surface area (Å²) in [7, 11) is 1.69. The normalized spacial score (nSPS) is 12.9. The molecule has 0 aromatic heterocycles. The number of methoxy groups -OCH3 is 1. The molecule has 0 aliphatic carbocycles. The van der Waals surface area contributed by atoms with E-state index in [-0.39, 0.29) is 6.10 Å². The fourth-order valence-electron chi connectivity index (χ4n) is 1.79. The van der Waals surface area contributed by atoms with Gasteiger partial charge in [0.2, 0.25) is 0 Å². The van der Waals surface area contributed by atoms with Crippen LogP contribution in [0.3, 0.4) is 0 Å². The Balaban J connectivity index is 2.71. The van der Waals surface area contributed by atoms with Crippen molar-refractivity contribution in [2.24, 2.45) is 0 Å². The van der Waals surface area contributed by atoms with E-state index in [0.29, 0.717) is 5.75 Å². The van der Waals surface area contributed by atoms with Crippen LogP contribution in [0.15, 0.2) is 36.4 Å². The van der Waals surface area contributed by atoms with E-state index in [9.17, 15) is 5.11 Å². The lowest BCUT2D eigenvalue weighted by Gasteiger charge is -2.13. The van der Waals surface area contributed by atoms with Crippen molar-refractivity contribution in [3.05, 3.63) is 42.0 Å². The van der Waals surface area contributed by atoms with Crippen LogP contribution in [-0.4, -0.2) is 12.2 Å². The lowest BCUT2D eigenvalue weighted by atomic mass is 10.0. The molecule has 1 atom stereocenters. The average molecular weight is 202 g/mol. The summed E-state index contributed by atoms with van der Waals surface area (Å²) in [5.41, 5.74) is 1.10. The summed E-state index contributed by atoms with van der Waals surface area (Å²) in [5.74, 6) is 0.317. The number of fused-ring (bicyclic) bond motifs is 1. The number of aromatic hydroxyl groups is 1. The molecule has 0 bridgehead atoms. The van der Waals surface area contributed by atoms with Crippen molar-refractivity contribution >= 4 is 10.8 Å². The van der Waals surface area contributed by atoms with Crippen molar-refractivity contribution in [2.75, 3.05) is 7.11 Å². The van der Waals surface area contributed by atoms with Gasteiger partial charge < -0.3 is 9.84 Å². The van der Waals surface area contributed by atoms with E-state index in [1.165, 1.54) is 0 Å². The lowest BCUT2D eigenvalue weighted by Crippen LogP contribution is -1.96. The van der Waals surface area contributed by atoms with Gasteiger partial charge in [0, 0.05) is 12.5 Å². The Morgan fingerprint density at radius 2 is 1.73 bits per heavy atom. The maximum atomic E-state index is 9.71. The predicted octanol–water partition coefficient (Wildman–Crippen LogP) is 3.25. The van der Waals surface area contributed by atoms with Crippen LogP contribution < -0.4 is 0 Å². The monoisotopic (exact) mass is 202 g/mol. The van der Waals surface area contributed by atoms with Crippen LogP contribution in [0, 0.1) is 0 Å². The topological polar surface area (TPSA) is 29.5 Å². The fraction of sp³-hybridized carbons (Fsp3) is 0.231. The van der Waals surface area contributed by atoms with Gasteiger partial charge in [-0.2, -0.15) is 0 Å². The smallest absolute Gasteiger partial charge is 0.123 e. The largest absolute Gasteiger partial charge is 0.507 e. The van der Waals surface area contributed by atoms with Gasteiger partial charge >= 0.3 is 0 Å². The Morgan fingerprint density at radius 1 is 1.07 bits per heavy atom. The summed E-state index contributed by atoms with van der Waals surface area (Å²) >= 11 is 0. The molecular weight excluding hydrogens is 188 g/mol. The van der Waals surface area contributed by atoms with Crippen molar-refractivity contribution in [1.29, 1.82) is 0 Å². The zero-order valence-electron chi connectivity index (χ0n) is 8.90. The van der Waals surface area contributed by atoms with Gasteiger partial charge in [0.25, 0.3) is 0 Å². The SMILES string of the molecule is CO[C@H](C)c1ccc(O)c2ccccc12. The first-order valence-corrected chi connectivity index (χ1v) is 4.97. The highest BCUT2D eigenvalue weighted by molar-refractivity contribution is 5.91. The molecule has 0 saturated carbocycles. The van der Waals surface area contributed by atoms with Crippen molar-refractivity contribution in [3.63, 3.8) is 0 Å². The lowest BCUT2D eigenvalue weighted by molar-refractivity contribution is 0.120. The van der Waals surface area contributed by atoms with Gasteiger partial charge in [0.15, 0.2) is 0 Å². The molecule has 1 N–H and O–H groups in total. The highest BCUT2D eigenvalue weighted by atomic mass is 16.5. The minimum Gasteiger partial charge on any atom is -0.507 e. The molecular formula is C13H14O2. The molecule has 0 unspecified atom stereocenters. The highest BCUT2D eigenvalue weighted by Crippen LogP contribution is 2.31. The molecule has 2 nitrogen and oxygen atoms in total. The number of phenols is 1. The molecule has 0 spiro atoms. The Kier molecular flexibility index (Phi) is 2.60. The Hall–Kier alpha value is -1.54. The first-order chi connectivity index (χ1) is 7.24.